The molecule has 1 fully saturated rings. The molecule has 0 saturated carbocycles. The molecule has 0 bridgehead atoms. The lowest BCUT2D eigenvalue weighted by atomic mass is 10.00. The van der Waals surface area contributed by atoms with Crippen molar-refractivity contribution in [1.29, 1.82) is 0 Å². The highest BCUT2D eigenvalue weighted by molar-refractivity contribution is 5.87. The zero-order valence-electron chi connectivity index (χ0n) is 14.7. The molecule has 1 aliphatic heterocycles. The summed E-state index contributed by atoms with van der Waals surface area (Å²) in [6.07, 6.45) is 0.356. The molecule has 4 nitrogen and oxygen atoms in total. The van der Waals surface area contributed by atoms with Gasteiger partial charge in [0.25, 0.3) is 0 Å². The topological polar surface area (TPSA) is 41.6 Å². The van der Waals surface area contributed by atoms with Crippen LogP contribution in [0.25, 0.3) is 10.8 Å². The molecule has 3 atom stereocenters. The van der Waals surface area contributed by atoms with Gasteiger partial charge in [0.15, 0.2) is 0 Å². The van der Waals surface area contributed by atoms with Gasteiger partial charge < -0.3 is 10.1 Å². The number of ether oxygens (including phenoxy) is 1. The Balaban J connectivity index is 1.65. The second-order valence-electron chi connectivity index (χ2n) is 6.81. The number of hydrogen-bond acceptors (Lipinski definition) is 3. The van der Waals surface area contributed by atoms with E-state index in [9.17, 15) is 4.79 Å². The molecular formula is C20H26N2O2. The molecule has 0 unspecified atom stereocenters. The van der Waals surface area contributed by atoms with Gasteiger partial charge in [0.05, 0.1) is 24.8 Å². The molecule has 0 spiro atoms. The fraction of sp³-hybridized carbons (Fsp3) is 0.450. The summed E-state index contributed by atoms with van der Waals surface area (Å²) < 4.78 is 5.72. The smallest absolute Gasteiger partial charge is 0.234 e. The highest BCUT2D eigenvalue weighted by Crippen LogP contribution is 2.24. The fourth-order valence-electron chi connectivity index (χ4n) is 3.61. The molecular weight excluding hydrogens is 300 g/mol. The van der Waals surface area contributed by atoms with E-state index >= 15 is 0 Å². The minimum atomic E-state index is -0.0144. The van der Waals surface area contributed by atoms with Gasteiger partial charge in [-0.2, -0.15) is 0 Å². The highest BCUT2D eigenvalue weighted by atomic mass is 16.5. The van der Waals surface area contributed by atoms with E-state index in [1.54, 1.807) is 0 Å². The summed E-state index contributed by atoms with van der Waals surface area (Å²) >= 11 is 0. The number of hydrogen-bond donors (Lipinski definition) is 1. The van der Waals surface area contributed by atoms with E-state index < -0.39 is 0 Å². The first kappa shape index (κ1) is 16.9. The summed E-state index contributed by atoms with van der Waals surface area (Å²) in [6, 6.07) is 14.5. The van der Waals surface area contributed by atoms with Crippen molar-refractivity contribution < 1.29 is 9.53 Å². The standard InChI is InChI=1S/C20H26N2O2/c1-14-11-22(12-15(2)24-14)13-20(23)21-16(3)18-10-6-8-17-7-4-5-9-19(17)18/h4-10,14-16H,11-13H2,1-3H3,(H,21,23)/t14-,15-,16-/m0/s1. The maximum Gasteiger partial charge on any atom is 0.234 e. The predicted molar refractivity (Wildman–Crippen MR) is 97.0 cm³/mol. The van der Waals surface area contributed by atoms with Crippen molar-refractivity contribution in [2.24, 2.45) is 0 Å². The first-order valence-corrected chi connectivity index (χ1v) is 8.68. The van der Waals surface area contributed by atoms with Crippen LogP contribution >= 0.6 is 0 Å². The fourth-order valence-corrected chi connectivity index (χ4v) is 3.61. The van der Waals surface area contributed by atoms with Gasteiger partial charge >= 0.3 is 0 Å². The maximum atomic E-state index is 12.5. The van der Waals surface area contributed by atoms with Crippen LogP contribution in [0.2, 0.25) is 0 Å². The number of amides is 1. The Hall–Kier alpha value is -1.91. The molecule has 128 valence electrons. The first-order valence-electron chi connectivity index (χ1n) is 8.68. The Morgan fingerprint density at radius 2 is 1.83 bits per heavy atom. The largest absolute Gasteiger partial charge is 0.373 e. The van der Waals surface area contributed by atoms with Crippen molar-refractivity contribution in [3.05, 3.63) is 48.0 Å². The average Bonchev–Trinajstić information content (AvgIpc) is 2.53. The van der Waals surface area contributed by atoms with E-state index in [4.69, 9.17) is 4.74 Å². The van der Waals surface area contributed by atoms with Crippen LogP contribution in [0.15, 0.2) is 42.5 Å². The zero-order valence-corrected chi connectivity index (χ0v) is 14.7. The van der Waals surface area contributed by atoms with Gasteiger partial charge in [0.1, 0.15) is 0 Å². The van der Waals surface area contributed by atoms with Crippen LogP contribution in [0.3, 0.4) is 0 Å². The highest BCUT2D eigenvalue weighted by Gasteiger charge is 2.24. The zero-order chi connectivity index (χ0) is 17.1. The molecule has 1 heterocycles. The van der Waals surface area contributed by atoms with Gasteiger partial charge in [-0.15, -0.1) is 0 Å². The van der Waals surface area contributed by atoms with Crippen LogP contribution in [0.5, 0.6) is 0 Å². The van der Waals surface area contributed by atoms with Gasteiger partial charge in [0.2, 0.25) is 5.91 Å². The van der Waals surface area contributed by atoms with E-state index in [0.29, 0.717) is 6.54 Å². The Labute approximate surface area is 143 Å². The summed E-state index contributed by atoms with van der Waals surface area (Å²) in [4.78, 5) is 14.6. The number of carbonyl (C=O) groups is 1. The van der Waals surface area contributed by atoms with Gasteiger partial charge in [-0.25, -0.2) is 0 Å². The second kappa shape index (κ2) is 7.32. The van der Waals surface area contributed by atoms with Crippen molar-refractivity contribution >= 4 is 16.7 Å². The third kappa shape index (κ3) is 3.94. The molecule has 24 heavy (non-hydrogen) atoms. The van der Waals surface area contributed by atoms with Crippen molar-refractivity contribution in [2.75, 3.05) is 19.6 Å². The summed E-state index contributed by atoms with van der Waals surface area (Å²) in [6.45, 7) is 8.19. The van der Waals surface area contributed by atoms with E-state index in [1.165, 1.54) is 10.8 Å². The summed E-state index contributed by atoms with van der Waals surface area (Å²) in [5.74, 6) is 0.0664. The molecule has 1 N–H and O–H groups in total. The first-order chi connectivity index (χ1) is 11.5. The third-order valence-electron chi connectivity index (χ3n) is 4.53. The average molecular weight is 326 g/mol. The quantitative estimate of drug-likeness (QED) is 0.938. The maximum absolute atomic E-state index is 12.5. The van der Waals surface area contributed by atoms with Crippen molar-refractivity contribution in [3.8, 4) is 0 Å². The van der Waals surface area contributed by atoms with Crippen molar-refractivity contribution in [3.63, 3.8) is 0 Å². The molecule has 1 aliphatic rings. The van der Waals surface area contributed by atoms with Crippen LogP contribution in [0, 0.1) is 0 Å². The Morgan fingerprint density at radius 1 is 1.17 bits per heavy atom. The third-order valence-corrected chi connectivity index (χ3v) is 4.53. The van der Waals surface area contributed by atoms with Gasteiger partial charge in [-0.3, -0.25) is 9.69 Å². The van der Waals surface area contributed by atoms with Crippen LogP contribution in [-0.4, -0.2) is 42.6 Å². The molecule has 2 aromatic carbocycles. The SMILES string of the molecule is C[C@H](NC(=O)CN1C[C@H](C)O[C@@H](C)C1)c1cccc2ccccc12. The van der Waals surface area contributed by atoms with Crippen LogP contribution in [0.1, 0.15) is 32.4 Å². The summed E-state index contributed by atoms with van der Waals surface area (Å²) in [5.41, 5.74) is 1.16. The van der Waals surface area contributed by atoms with Crippen LogP contribution < -0.4 is 5.32 Å². The lowest BCUT2D eigenvalue weighted by molar-refractivity contribution is -0.126. The van der Waals surface area contributed by atoms with Gasteiger partial charge in [0, 0.05) is 13.1 Å². The molecule has 4 heteroatoms. The number of rotatable bonds is 4. The number of nitrogens with zero attached hydrogens (tertiary/aromatic N) is 1. The van der Waals surface area contributed by atoms with Crippen molar-refractivity contribution in [2.45, 2.75) is 39.0 Å². The lowest BCUT2D eigenvalue weighted by Gasteiger charge is -2.35. The summed E-state index contributed by atoms with van der Waals surface area (Å²) in [5, 5.41) is 5.54. The molecule has 0 radical (unpaired) electrons. The molecule has 1 amide bonds. The van der Waals surface area contributed by atoms with Crippen molar-refractivity contribution in [1.82, 2.24) is 10.2 Å². The normalized spacial score (nSPS) is 23.1. The molecule has 2 aromatic rings. The van der Waals surface area contributed by atoms with E-state index in [-0.39, 0.29) is 24.2 Å². The molecule has 0 aliphatic carbocycles. The number of morpholine rings is 1. The van der Waals surface area contributed by atoms with Crippen LogP contribution in [-0.2, 0) is 9.53 Å². The number of carbonyl (C=O) groups excluding carboxylic acids is 1. The van der Waals surface area contributed by atoms with E-state index in [1.807, 2.05) is 25.1 Å². The second-order valence-corrected chi connectivity index (χ2v) is 6.81. The Kier molecular flexibility index (Phi) is 5.17. The monoisotopic (exact) mass is 326 g/mol. The van der Waals surface area contributed by atoms with E-state index in [0.717, 1.165) is 18.7 Å². The Morgan fingerprint density at radius 3 is 2.58 bits per heavy atom. The number of nitrogens with one attached hydrogen (secondary N) is 1. The predicted octanol–water partition coefficient (Wildman–Crippen LogP) is 3.13. The minimum Gasteiger partial charge on any atom is -0.373 e. The Bertz CT molecular complexity index is 700. The number of benzene rings is 2. The number of fused-ring (bicyclic) bond motifs is 1. The van der Waals surface area contributed by atoms with Crippen LogP contribution in [0.4, 0.5) is 0 Å². The molecule has 3 rings (SSSR count). The van der Waals surface area contributed by atoms with Gasteiger partial charge in [-0.05, 0) is 37.1 Å². The molecule has 0 aromatic heterocycles. The van der Waals surface area contributed by atoms with E-state index in [2.05, 4.69) is 48.3 Å². The molecule has 1 saturated heterocycles. The minimum absolute atomic E-state index is 0.0144. The van der Waals surface area contributed by atoms with Gasteiger partial charge in [-0.1, -0.05) is 42.5 Å². The summed E-state index contributed by atoms with van der Waals surface area (Å²) in [7, 11) is 0. The lowest BCUT2D eigenvalue weighted by Crippen LogP contribution is -2.49.